The molecule has 34 heavy (non-hydrogen) atoms. The van der Waals surface area contributed by atoms with Gasteiger partial charge in [-0.15, -0.1) is 0 Å². The van der Waals surface area contributed by atoms with Crippen molar-refractivity contribution in [1.29, 1.82) is 0 Å². The fraction of sp³-hybridized carbons (Fsp3) is 0.192. The normalized spacial score (nSPS) is 10.8. The number of carbonyl (C=O) groups is 2. The number of H-pyrrole nitrogens is 1. The van der Waals surface area contributed by atoms with Crippen LogP contribution in [-0.2, 0) is 16.1 Å². The van der Waals surface area contributed by atoms with Gasteiger partial charge in [-0.05, 0) is 66.1 Å². The average Bonchev–Trinajstić information content (AvgIpc) is 3.31. The molecule has 8 nitrogen and oxygen atoms in total. The number of nitrogens with zero attached hydrogens (tertiary/aromatic N) is 2. The molecule has 4 rings (SSSR count). The molecule has 0 bridgehead atoms. The van der Waals surface area contributed by atoms with Crippen LogP contribution in [0, 0.1) is 0 Å². The molecule has 0 saturated carbocycles. The zero-order valence-electron chi connectivity index (χ0n) is 19.2. The second-order valence-electron chi connectivity index (χ2n) is 7.51. The van der Waals surface area contributed by atoms with Crippen LogP contribution in [0.5, 0.6) is 5.75 Å². The van der Waals surface area contributed by atoms with Crippen molar-refractivity contribution in [3.05, 3.63) is 83.8 Å². The van der Waals surface area contributed by atoms with E-state index in [4.69, 9.17) is 14.3 Å². The number of hydrogen-bond donors (Lipinski definition) is 1. The number of hydroxylamine groups is 2. The zero-order valence-corrected chi connectivity index (χ0v) is 19.2. The number of methoxy groups -OCH3 is 1. The van der Waals surface area contributed by atoms with E-state index in [9.17, 15) is 9.59 Å². The van der Waals surface area contributed by atoms with E-state index in [0.717, 1.165) is 33.3 Å². The summed E-state index contributed by atoms with van der Waals surface area (Å²) < 4.78 is 10.2. The van der Waals surface area contributed by atoms with E-state index in [1.165, 1.54) is 12.2 Å². The maximum absolute atomic E-state index is 13.1. The first kappa shape index (κ1) is 23.0. The van der Waals surface area contributed by atoms with Crippen LogP contribution in [-0.4, -0.2) is 47.7 Å². The molecule has 0 atom stereocenters. The standard InChI is InChI=1S/C26H25N3O5/c1-4-34-26(31)24-15-20-13-18(7-10-22(20)28-24)19-11-12-27-23(14-19)25(30)29(33-3)16-17-5-8-21(32-2)9-6-17/h5-15,28H,4,16H2,1-3H3. The van der Waals surface area contributed by atoms with Crippen LogP contribution in [0.3, 0.4) is 0 Å². The first-order valence-corrected chi connectivity index (χ1v) is 10.8. The molecular weight excluding hydrogens is 434 g/mol. The van der Waals surface area contributed by atoms with Gasteiger partial charge in [-0.3, -0.25) is 14.6 Å². The number of rotatable bonds is 8. The molecule has 0 radical (unpaired) electrons. The molecule has 174 valence electrons. The SMILES string of the molecule is CCOC(=O)c1cc2cc(-c3ccnc(C(=O)N(Cc4ccc(OC)cc4)OC)c3)ccc2[nH]1. The molecule has 4 aromatic rings. The average molecular weight is 460 g/mol. The number of carbonyl (C=O) groups excluding carboxylic acids is 2. The first-order valence-electron chi connectivity index (χ1n) is 10.8. The van der Waals surface area contributed by atoms with E-state index >= 15 is 0 Å². The Morgan fingerprint density at radius 1 is 0.971 bits per heavy atom. The van der Waals surface area contributed by atoms with Gasteiger partial charge < -0.3 is 14.5 Å². The fourth-order valence-corrected chi connectivity index (χ4v) is 3.60. The predicted molar refractivity (Wildman–Crippen MR) is 127 cm³/mol. The van der Waals surface area contributed by atoms with Gasteiger partial charge in [0.15, 0.2) is 0 Å². The monoisotopic (exact) mass is 459 g/mol. The lowest BCUT2D eigenvalue weighted by atomic mass is 10.0. The number of ether oxygens (including phenoxy) is 2. The van der Waals surface area contributed by atoms with Crippen LogP contribution >= 0.6 is 0 Å². The summed E-state index contributed by atoms with van der Waals surface area (Å²) in [6.45, 7) is 2.34. The quantitative estimate of drug-likeness (QED) is 0.305. The largest absolute Gasteiger partial charge is 0.497 e. The van der Waals surface area contributed by atoms with E-state index in [1.807, 2.05) is 48.5 Å². The molecule has 2 aromatic heterocycles. The number of benzene rings is 2. The minimum Gasteiger partial charge on any atom is -0.497 e. The maximum Gasteiger partial charge on any atom is 0.354 e. The lowest BCUT2D eigenvalue weighted by molar-refractivity contribution is -0.102. The third-order valence-electron chi connectivity index (χ3n) is 5.36. The number of pyridine rings is 1. The van der Waals surface area contributed by atoms with Gasteiger partial charge in [-0.2, -0.15) is 0 Å². The van der Waals surface area contributed by atoms with Crippen molar-refractivity contribution in [3.8, 4) is 16.9 Å². The van der Waals surface area contributed by atoms with Crippen LogP contribution < -0.4 is 4.74 Å². The Morgan fingerprint density at radius 3 is 2.44 bits per heavy atom. The van der Waals surface area contributed by atoms with Crippen LogP contribution in [0.15, 0.2) is 66.9 Å². The minimum absolute atomic E-state index is 0.259. The van der Waals surface area contributed by atoms with Crippen molar-refractivity contribution in [3.63, 3.8) is 0 Å². The second-order valence-corrected chi connectivity index (χ2v) is 7.51. The summed E-state index contributed by atoms with van der Waals surface area (Å²) in [5, 5.41) is 2.12. The van der Waals surface area contributed by atoms with E-state index in [1.54, 1.807) is 32.4 Å². The highest BCUT2D eigenvalue weighted by Gasteiger charge is 2.19. The molecule has 2 aromatic carbocycles. The zero-order chi connectivity index (χ0) is 24.1. The van der Waals surface area contributed by atoms with Gasteiger partial charge in [0.2, 0.25) is 0 Å². The topological polar surface area (TPSA) is 93.8 Å². The molecule has 0 aliphatic heterocycles. The Labute approximate surface area is 197 Å². The van der Waals surface area contributed by atoms with Gasteiger partial charge in [-0.25, -0.2) is 9.86 Å². The van der Waals surface area contributed by atoms with Crippen molar-refractivity contribution in [2.24, 2.45) is 0 Å². The van der Waals surface area contributed by atoms with E-state index in [-0.39, 0.29) is 18.1 Å². The summed E-state index contributed by atoms with van der Waals surface area (Å²) in [4.78, 5) is 37.8. The molecule has 1 N–H and O–H groups in total. The molecule has 2 heterocycles. The number of aromatic amines is 1. The predicted octanol–water partition coefficient (Wildman–Crippen LogP) is 4.62. The molecule has 0 aliphatic carbocycles. The Hall–Kier alpha value is -4.17. The number of hydrogen-bond acceptors (Lipinski definition) is 6. The third-order valence-corrected chi connectivity index (χ3v) is 5.36. The van der Waals surface area contributed by atoms with Crippen LogP contribution in [0.4, 0.5) is 0 Å². The number of fused-ring (bicyclic) bond motifs is 1. The van der Waals surface area contributed by atoms with Gasteiger partial charge >= 0.3 is 5.97 Å². The smallest absolute Gasteiger partial charge is 0.354 e. The van der Waals surface area contributed by atoms with Crippen molar-refractivity contribution in [1.82, 2.24) is 15.0 Å². The van der Waals surface area contributed by atoms with E-state index < -0.39 is 5.97 Å². The molecule has 8 heteroatoms. The highest BCUT2D eigenvalue weighted by Crippen LogP contribution is 2.26. The van der Waals surface area contributed by atoms with Crippen LogP contribution in [0.1, 0.15) is 33.5 Å². The van der Waals surface area contributed by atoms with Gasteiger partial charge in [0.25, 0.3) is 5.91 Å². The highest BCUT2D eigenvalue weighted by atomic mass is 16.7. The van der Waals surface area contributed by atoms with Crippen molar-refractivity contribution >= 4 is 22.8 Å². The molecule has 0 spiro atoms. The van der Waals surface area contributed by atoms with E-state index in [0.29, 0.717) is 12.3 Å². The summed E-state index contributed by atoms with van der Waals surface area (Å²) in [5.74, 6) is -0.0109. The Balaban J connectivity index is 1.56. The molecule has 0 unspecified atom stereocenters. The van der Waals surface area contributed by atoms with Crippen LogP contribution in [0.25, 0.3) is 22.0 Å². The molecule has 0 aliphatic rings. The summed E-state index contributed by atoms with van der Waals surface area (Å²) in [6.07, 6.45) is 1.59. The number of nitrogens with one attached hydrogen (secondary N) is 1. The Kier molecular flexibility index (Phi) is 6.89. The summed E-state index contributed by atoms with van der Waals surface area (Å²) in [5.41, 5.74) is 4.07. The molecular formula is C26H25N3O5. The minimum atomic E-state index is -0.395. The summed E-state index contributed by atoms with van der Waals surface area (Å²) in [7, 11) is 3.05. The van der Waals surface area contributed by atoms with Gasteiger partial charge in [-0.1, -0.05) is 18.2 Å². The van der Waals surface area contributed by atoms with Crippen LogP contribution in [0.2, 0.25) is 0 Å². The summed E-state index contributed by atoms with van der Waals surface area (Å²) >= 11 is 0. The molecule has 1 amide bonds. The summed E-state index contributed by atoms with van der Waals surface area (Å²) in [6, 6.07) is 18.5. The molecule has 0 saturated heterocycles. The molecule has 0 fully saturated rings. The Bertz CT molecular complexity index is 1310. The number of esters is 1. The van der Waals surface area contributed by atoms with Crippen molar-refractivity contribution in [2.75, 3.05) is 20.8 Å². The van der Waals surface area contributed by atoms with Crippen molar-refractivity contribution < 1.29 is 23.9 Å². The third kappa shape index (κ3) is 4.92. The van der Waals surface area contributed by atoms with Gasteiger partial charge in [0.05, 0.1) is 27.4 Å². The lowest BCUT2D eigenvalue weighted by Gasteiger charge is -2.19. The van der Waals surface area contributed by atoms with E-state index in [2.05, 4.69) is 9.97 Å². The van der Waals surface area contributed by atoms with Gasteiger partial charge in [0.1, 0.15) is 17.1 Å². The van der Waals surface area contributed by atoms with Crippen molar-refractivity contribution in [2.45, 2.75) is 13.5 Å². The Morgan fingerprint density at radius 2 is 1.74 bits per heavy atom. The number of amides is 1. The fourth-order valence-electron chi connectivity index (χ4n) is 3.60. The lowest BCUT2D eigenvalue weighted by Crippen LogP contribution is -2.30. The van der Waals surface area contributed by atoms with Gasteiger partial charge in [0, 0.05) is 17.1 Å². The first-order chi connectivity index (χ1) is 16.5. The highest BCUT2D eigenvalue weighted by molar-refractivity contribution is 5.97. The number of aromatic nitrogens is 2. The maximum atomic E-state index is 13.1. The second kappa shape index (κ2) is 10.2.